The highest BCUT2D eigenvalue weighted by Gasteiger charge is 2.13. The Labute approximate surface area is 154 Å². The summed E-state index contributed by atoms with van der Waals surface area (Å²) in [5.74, 6) is -1.05. The lowest BCUT2D eigenvalue weighted by Gasteiger charge is -2.09. The second-order valence-corrected chi connectivity index (χ2v) is 5.70. The second-order valence-electron chi connectivity index (χ2n) is 5.70. The number of anilines is 1. The summed E-state index contributed by atoms with van der Waals surface area (Å²) >= 11 is 0. The van der Waals surface area contributed by atoms with Crippen LogP contribution in [0.25, 0.3) is 11.1 Å². The van der Waals surface area contributed by atoms with Crippen molar-refractivity contribution in [2.24, 2.45) is 0 Å². The topological polar surface area (TPSA) is 91.4 Å². The summed E-state index contributed by atoms with van der Waals surface area (Å²) in [5, 5.41) is 12.3. The predicted octanol–water partition coefficient (Wildman–Crippen LogP) is 3.54. The van der Waals surface area contributed by atoms with E-state index in [-0.39, 0.29) is 11.1 Å². The Morgan fingerprint density at radius 3 is 2.59 bits per heavy atom. The molecule has 0 atom stereocenters. The maximum Gasteiger partial charge on any atom is 0.259 e. The number of phenols is 1. The van der Waals surface area contributed by atoms with Crippen molar-refractivity contribution in [1.82, 2.24) is 4.98 Å². The molecule has 2 aromatic carbocycles. The Morgan fingerprint density at radius 1 is 1.19 bits per heavy atom. The molecule has 0 fully saturated rings. The molecule has 0 saturated heterocycles. The standard InChI is InChI=1S/C20H17FN2O4/c1-2-27-15-6-3-12(4-7-15)17-10-14(11-22-19(17)25)23-20(26)16-8-5-13(21)9-18(16)24/h3-11,24H,2H2,1H3,(H,22,25)(H,23,26). The van der Waals surface area contributed by atoms with E-state index in [4.69, 9.17) is 4.74 Å². The van der Waals surface area contributed by atoms with E-state index in [1.165, 1.54) is 18.3 Å². The molecule has 0 spiro atoms. The quantitative estimate of drug-likeness (QED) is 0.642. The van der Waals surface area contributed by atoms with Crippen LogP contribution in [0.1, 0.15) is 17.3 Å². The Hall–Kier alpha value is -3.61. The lowest BCUT2D eigenvalue weighted by molar-refractivity contribution is 0.102. The van der Waals surface area contributed by atoms with Crippen LogP contribution in [0, 0.1) is 5.82 Å². The van der Waals surface area contributed by atoms with Crippen molar-refractivity contribution in [3.05, 3.63) is 76.5 Å². The third kappa shape index (κ3) is 4.14. The number of halogens is 1. The molecule has 138 valence electrons. The van der Waals surface area contributed by atoms with Crippen molar-refractivity contribution in [3.8, 4) is 22.6 Å². The monoisotopic (exact) mass is 368 g/mol. The van der Waals surface area contributed by atoms with Crippen molar-refractivity contribution in [3.63, 3.8) is 0 Å². The van der Waals surface area contributed by atoms with Gasteiger partial charge in [-0.25, -0.2) is 4.39 Å². The van der Waals surface area contributed by atoms with Gasteiger partial charge in [0.05, 0.1) is 17.9 Å². The number of aromatic nitrogens is 1. The predicted molar refractivity (Wildman–Crippen MR) is 99.7 cm³/mol. The molecular formula is C20H17FN2O4. The number of ether oxygens (including phenoxy) is 1. The average Bonchev–Trinajstić information content (AvgIpc) is 2.64. The SMILES string of the molecule is CCOc1ccc(-c2cc(NC(=O)c3ccc(F)cc3O)c[nH]c2=O)cc1. The molecule has 0 aliphatic heterocycles. The van der Waals surface area contributed by atoms with Crippen LogP contribution >= 0.6 is 0 Å². The number of amides is 1. The number of hydrogen-bond acceptors (Lipinski definition) is 4. The van der Waals surface area contributed by atoms with E-state index < -0.39 is 17.5 Å². The molecule has 0 radical (unpaired) electrons. The highest BCUT2D eigenvalue weighted by atomic mass is 19.1. The number of nitrogens with one attached hydrogen (secondary N) is 2. The van der Waals surface area contributed by atoms with Crippen LogP contribution in [0.4, 0.5) is 10.1 Å². The van der Waals surface area contributed by atoms with Gasteiger partial charge in [0.2, 0.25) is 0 Å². The van der Waals surface area contributed by atoms with E-state index in [9.17, 15) is 19.1 Å². The van der Waals surface area contributed by atoms with Crippen molar-refractivity contribution in [1.29, 1.82) is 0 Å². The van der Waals surface area contributed by atoms with Crippen LogP contribution in [0.15, 0.2) is 59.5 Å². The van der Waals surface area contributed by atoms with E-state index in [0.717, 1.165) is 12.1 Å². The molecule has 0 bridgehead atoms. The lowest BCUT2D eigenvalue weighted by atomic mass is 10.1. The Bertz CT molecular complexity index is 1030. The molecule has 0 aliphatic rings. The first-order valence-electron chi connectivity index (χ1n) is 8.23. The second kappa shape index (κ2) is 7.74. The van der Waals surface area contributed by atoms with E-state index in [0.29, 0.717) is 29.2 Å². The Morgan fingerprint density at radius 2 is 1.93 bits per heavy atom. The summed E-state index contributed by atoms with van der Waals surface area (Å²) in [6.45, 7) is 2.42. The third-order valence-electron chi connectivity index (χ3n) is 3.84. The number of carbonyl (C=O) groups is 1. The molecular weight excluding hydrogens is 351 g/mol. The zero-order valence-electron chi connectivity index (χ0n) is 14.5. The molecule has 3 rings (SSSR count). The van der Waals surface area contributed by atoms with E-state index in [2.05, 4.69) is 10.3 Å². The fourth-order valence-corrected chi connectivity index (χ4v) is 2.56. The summed E-state index contributed by atoms with van der Waals surface area (Å²) < 4.78 is 18.4. The van der Waals surface area contributed by atoms with Gasteiger partial charge >= 0.3 is 0 Å². The molecule has 27 heavy (non-hydrogen) atoms. The summed E-state index contributed by atoms with van der Waals surface area (Å²) in [6, 6.07) is 11.6. The number of H-pyrrole nitrogens is 1. The Balaban J connectivity index is 1.86. The number of phenolic OH excluding ortho intramolecular Hbond substituents is 1. The zero-order valence-corrected chi connectivity index (χ0v) is 14.5. The highest BCUT2D eigenvalue weighted by Crippen LogP contribution is 2.23. The molecule has 1 amide bonds. The summed E-state index contributed by atoms with van der Waals surface area (Å²) in [7, 11) is 0. The van der Waals surface area contributed by atoms with Gasteiger partial charge in [0.1, 0.15) is 17.3 Å². The van der Waals surface area contributed by atoms with Gasteiger partial charge in [-0.05, 0) is 42.8 Å². The molecule has 7 heteroatoms. The van der Waals surface area contributed by atoms with Gasteiger partial charge in [0.25, 0.3) is 11.5 Å². The molecule has 0 saturated carbocycles. The van der Waals surface area contributed by atoms with Gasteiger partial charge in [0.15, 0.2) is 0 Å². The van der Waals surface area contributed by atoms with Crippen LogP contribution in [-0.2, 0) is 0 Å². The maximum atomic E-state index is 13.1. The molecule has 0 aliphatic carbocycles. The number of benzene rings is 2. The summed E-state index contributed by atoms with van der Waals surface area (Å²) in [5.41, 5.74) is 0.943. The molecule has 3 aromatic rings. The largest absolute Gasteiger partial charge is 0.507 e. The number of pyridine rings is 1. The van der Waals surface area contributed by atoms with Crippen LogP contribution in [0.2, 0.25) is 0 Å². The van der Waals surface area contributed by atoms with Gasteiger partial charge < -0.3 is 20.1 Å². The van der Waals surface area contributed by atoms with E-state index >= 15 is 0 Å². The van der Waals surface area contributed by atoms with Gasteiger partial charge in [0, 0.05) is 17.8 Å². The first-order valence-corrected chi connectivity index (χ1v) is 8.23. The normalized spacial score (nSPS) is 10.4. The smallest absolute Gasteiger partial charge is 0.259 e. The molecule has 1 aromatic heterocycles. The van der Waals surface area contributed by atoms with Crippen molar-refractivity contribution < 1.29 is 19.0 Å². The van der Waals surface area contributed by atoms with Crippen molar-refractivity contribution in [2.75, 3.05) is 11.9 Å². The van der Waals surface area contributed by atoms with Crippen molar-refractivity contribution >= 4 is 11.6 Å². The number of hydrogen-bond donors (Lipinski definition) is 3. The first-order chi connectivity index (χ1) is 13.0. The Kier molecular flexibility index (Phi) is 5.21. The van der Waals surface area contributed by atoms with E-state index in [1.807, 2.05) is 6.92 Å². The van der Waals surface area contributed by atoms with Gasteiger partial charge in [-0.2, -0.15) is 0 Å². The van der Waals surface area contributed by atoms with Crippen LogP contribution < -0.4 is 15.6 Å². The lowest BCUT2D eigenvalue weighted by Crippen LogP contribution is -2.15. The van der Waals surface area contributed by atoms with Crippen LogP contribution in [0.3, 0.4) is 0 Å². The third-order valence-corrected chi connectivity index (χ3v) is 3.84. The fraction of sp³-hybridized carbons (Fsp3) is 0.100. The fourth-order valence-electron chi connectivity index (χ4n) is 2.56. The zero-order chi connectivity index (χ0) is 19.4. The molecule has 0 unspecified atom stereocenters. The molecule has 3 N–H and O–H groups in total. The highest BCUT2D eigenvalue weighted by molar-refractivity contribution is 6.06. The number of rotatable bonds is 5. The van der Waals surface area contributed by atoms with Crippen LogP contribution in [0.5, 0.6) is 11.5 Å². The number of carbonyl (C=O) groups excluding carboxylic acids is 1. The van der Waals surface area contributed by atoms with Gasteiger partial charge in [-0.3, -0.25) is 9.59 Å². The minimum Gasteiger partial charge on any atom is -0.507 e. The first kappa shape index (κ1) is 18.2. The molecule has 6 nitrogen and oxygen atoms in total. The van der Waals surface area contributed by atoms with Crippen LogP contribution in [-0.4, -0.2) is 22.6 Å². The van der Waals surface area contributed by atoms with Gasteiger partial charge in [-0.1, -0.05) is 12.1 Å². The maximum absolute atomic E-state index is 13.1. The summed E-state index contributed by atoms with van der Waals surface area (Å²) in [4.78, 5) is 27.0. The number of aromatic amines is 1. The van der Waals surface area contributed by atoms with E-state index in [1.54, 1.807) is 24.3 Å². The van der Waals surface area contributed by atoms with Gasteiger partial charge in [-0.15, -0.1) is 0 Å². The average molecular weight is 368 g/mol. The minimum absolute atomic E-state index is 0.0785. The summed E-state index contributed by atoms with van der Waals surface area (Å²) in [6.07, 6.45) is 1.35. The molecule has 1 heterocycles. The number of aromatic hydroxyl groups is 1. The minimum atomic E-state index is -0.647. The van der Waals surface area contributed by atoms with Crippen molar-refractivity contribution in [2.45, 2.75) is 6.92 Å².